The summed E-state index contributed by atoms with van der Waals surface area (Å²) in [5.41, 5.74) is 7.69. The predicted molar refractivity (Wildman–Crippen MR) is 71.6 cm³/mol. The zero-order chi connectivity index (χ0) is 12.3. The molecule has 2 heteroatoms. The number of nitrogen functional groups attached to an aromatic ring is 1. The molecule has 3 unspecified atom stereocenters. The Morgan fingerprint density at radius 3 is 2.47 bits per heavy atom. The van der Waals surface area contributed by atoms with Crippen molar-refractivity contribution in [3.05, 3.63) is 29.8 Å². The lowest BCUT2D eigenvalue weighted by molar-refractivity contribution is -0.00744. The molecule has 0 aliphatic heterocycles. The Hall–Kier alpha value is -1.02. The van der Waals surface area contributed by atoms with E-state index in [4.69, 9.17) is 10.5 Å². The minimum atomic E-state index is 0.443. The van der Waals surface area contributed by atoms with Gasteiger partial charge in [0.05, 0.1) is 12.7 Å². The molecular formula is C15H23NO. The van der Waals surface area contributed by atoms with Gasteiger partial charge in [-0.2, -0.15) is 0 Å². The Bertz CT molecular complexity index is 346. The molecule has 3 atom stereocenters. The Morgan fingerprint density at radius 2 is 1.82 bits per heavy atom. The summed E-state index contributed by atoms with van der Waals surface area (Å²) >= 11 is 0. The standard InChI is InChI=1S/C15H23NO/c1-11-3-8-15(9-12(11)2)17-10-13-4-6-14(16)7-5-13/h4-7,11-12,15H,3,8-10,16H2,1-2H3. The molecule has 1 saturated carbocycles. The van der Waals surface area contributed by atoms with Gasteiger partial charge in [0.15, 0.2) is 0 Å². The van der Waals surface area contributed by atoms with Gasteiger partial charge in [0.2, 0.25) is 0 Å². The topological polar surface area (TPSA) is 35.2 Å². The van der Waals surface area contributed by atoms with Gasteiger partial charge in [0.1, 0.15) is 0 Å². The molecule has 1 aliphatic carbocycles. The molecule has 0 bridgehead atoms. The number of hydrogen-bond donors (Lipinski definition) is 1. The van der Waals surface area contributed by atoms with E-state index in [2.05, 4.69) is 13.8 Å². The van der Waals surface area contributed by atoms with Crippen LogP contribution in [0.15, 0.2) is 24.3 Å². The van der Waals surface area contributed by atoms with Crippen molar-refractivity contribution < 1.29 is 4.74 Å². The Morgan fingerprint density at radius 1 is 1.12 bits per heavy atom. The average molecular weight is 233 g/mol. The van der Waals surface area contributed by atoms with Crippen LogP contribution in [-0.4, -0.2) is 6.10 Å². The van der Waals surface area contributed by atoms with Gasteiger partial charge in [-0.3, -0.25) is 0 Å². The molecular weight excluding hydrogens is 210 g/mol. The van der Waals surface area contributed by atoms with Crippen molar-refractivity contribution in [1.29, 1.82) is 0 Å². The van der Waals surface area contributed by atoms with Gasteiger partial charge in [-0.25, -0.2) is 0 Å². The highest BCUT2D eigenvalue weighted by molar-refractivity contribution is 5.39. The molecule has 0 heterocycles. The molecule has 0 spiro atoms. The van der Waals surface area contributed by atoms with E-state index in [0.717, 1.165) is 17.5 Å². The summed E-state index contributed by atoms with van der Waals surface area (Å²) in [5.74, 6) is 1.64. The van der Waals surface area contributed by atoms with Crippen molar-refractivity contribution in [2.45, 2.75) is 45.8 Å². The molecule has 94 valence electrons. The van der Waals surface area contributed by atoms with Crippen LogP contribution >= 0.6 is 0 Å². The van der Waals surface area contributed by atoms with Crippen LogP contribution in [0.3, 0.4) is 0 Å². The lowest BCUT2D eigenvalue weighted by atomic mass is 9.80. The number of benzene rings is 1. The number of anilines is 1. The fraction of sp³-hybridized carbons (Fsp3) is 0.600. The first-order valence-corrected chi connectivity index (χ1v) is 6.61. The van der Waals surface area contributed by atoms with E-state index in [1.165, 1.54) is 24.8 Å². The highest BCUT2D eigenvalue weighted by atomic mass is 16.5. The van der Waals surface area contributed by atoms with Gasteiger partial charge in [-0.05, 0) is 48.8 Å². The normalized spacial score (nSPS) is 29.2. The summed E-state index contributed by atoms with van der Waals surface area (Å²) in [6.07, 6.45) is 4.16. The maximum absolute atomic E-state index is 5.99. The number of ether oxygens (including phenoxy) is 1. The van der Waals surface area contributed by atoms with Gasteiger partial charge in [0.25, 0.3) is 0 Å². The molecule has 2 rings (SSSR count). The van der Waals surface area contributed by atoms with E-state index in [1.54, 1.807) is 0 Å². The summed E-state index contributed by atoms with van der Waals surface area (Å²) in [6, 6.07) is 7.96. The van der Waals surface area contributed by atoms with Crippen LogP contribution in [0.5, 0.6) is 0 Å². The van der Waals surface area contributed by atoms with E-state index < -0.39 is 0 Å². The fourth-order valence-electron chi connectivity index (χ4n) is 2.48. The average Bonchev–Trinajstić information content (AvgIpc) is 2.33. The quantitative estimate of drug-likeness (QED) is 0.809. The molecule has 1 fully saturated rings. The zero-order valence-electron chi connectivity index (χ0n) is 10.9. The minimum absolute atomic E-state index is 0.443. The largest absolute Gasteiger partial charge is 0.399 e. The lowest BCUT2D eigenvalue weighted by Gasteiger charge is -2.32. The fourth-order valence-corrected chi connectivity index (χ4v) is 2.48. The maximum Gasteiger partial charge on any atom is 0.0720 e. The van der Waals surface area contributed by atoms with Crippen LogP contribution in [0, 0.1) is 11.8 Å². The predicted octanol–water partition coefficient (Wildman–Crippen LogP) is 3.61. The third-order valence-electron chi connectivity index (χ3n) is 4.02. The first-order valence-electron chi connectivity index (χ1n) is 6.61. The molecule has 1 aromatic rings. The summed E-state index contributed by atoms with van der Waals surface area (Å²) < 4.78 is 5.99. The molecule has 17 heavy (non-hydrogen) atoms. The monoisotopic (exact) mass is 233 g/mol. The molecule has 0 amide bonds. The van der Waals surface area contributed by atoms with E-state index in [-0.39, 0.29) is 0 Å². The van der Waals surface area contributed by atoms with Crippen molar-refractivity contribution in [2.24, 2.45) is 11.8 Å². The van der Waals surface area contributed by atoms with E-state index in [9.17, 15) is 0 Å². The maximum atomic E-state index is 5.99. The zero-order valence-corrected chi connectivity index (χ0v) is 10.9. The highest BCUT2D eigenvalue weighted by Gasteiger charge is 2.24. The van der Waals surface area contributed by atoms with Gasteiger partial charge < -0.3 is 10.5 Å². The van der Waals surface area contributed by atoms with E-state index in [1.807, 2.05) is 24.3 Å². The molecule has 1 aliphatic rings. The third-order valence-corrected chi connectivity index (χ3v) is 4.02. The van der Waals surface area contributed by atoms with Crippen molar-refractivity contribution >= 4 is 5.69 Å². The smallest absolute Gasteiger partial charge is 0.0720 e. The second-order valence-corrected chi connectivity index (χ2v) is 5.44. The SMILES string of the molecule is CC1CCC(OCc2ccc(N)cc2)CC1C. The molecule has 2 nitrogen and oxygen atoms in total. The van der Waals surface area contributed by atoms with Crippen LogP contribution < -0.4 is 5.73 Å². The Labute approximate surface area is 104 Å². The van der Waals surface area contributed by atoms with E-state index in [0.29, 0.717) is 12.7 Å². The van der Waals surface area contributed by atoms with Crippen LogP contribution in [0.4, 0.5) is 5.69 Å². The van der Waals surface area contributed by atoms with Crippen molar-refractivity contribution in [3.63, 3.8) is 0 Å². The first kappa shape index (κ1) is 12.4. The molecule has 0 saturated heterocycles. The summed E-state index contributed by atoms with van der Waals surface area (Å²) in [5, 5.41) is 0. The number of nitrogens with two attached hydrogens (primary N) is 1. The number of rotatable bonds is 3. The second-order valence-electron chi connectivity index (χ2n) is 5.44. The van der Waals surface area contributed by atoms with Gasteiger partial charge in [0, 0.05) is 5.69 Å². The van der Waals surface area contributed by atoms with Crippen LogP contribution in [-0.2, 0) is 11.3 Å². The van der Waals surface area contributed by atoms with E-state index >= 15 is 0 Å². The molecule has 1 aromatic carbocycles. The van der Waals surface area contributed by atoms with Crippen molar-refractivity contribution in [2.75, 3.05) is 5.73 Å². The highest BCUT2D eigenvalue weighted by Crippen LogP contribution is 2.31. The van der Waals surface area contributed by atoms with Crippen molar-refractivity contribution in [1.82, 2.24) is 0 Å². The van der Waals surface area contributed by atoms with Crippen LogP contribution in [0.25, 0.3) is 0 Å². The van der Waals surface area contributed by atoms with Crippen LogP contribution in [0.2, 0.25) is 0 Å². The number of hydrogen-bond acceptors (Lipinski definition) is 2. The van der Waals surface area contributed by atoms with Crippen LogP contribution in [0.1, 0.15) is 38.7 Å². The first-order chi connectivity index (χ1) is 8.15. The molecule has 0 aromatic heterocycles. The summed E-state index contributed by atoms with van der Waals surface area (Å²) in [4.78, 5) is 0. The van der Waals surface area contributed by atoms with Gasteiger partial charge in [-0.1, -0.05) is 26.0 Å². The van der Waals surface area contributed by atoms with Crippen molar-refractivity contribution in [3.8, 4) is 0 Å². The Kier molecular flexibility index (Phi) is 4.06. The molecule has 0 radical (unpaired) electrons. The minimum Gasteiger partial charge on any atom is -0.399 e. The van der Waals surface area contributed by atoms with Gasteiger partial charge in [-0.15, -0.1) is 0 Å². The lowest BCUT2D eigenvalue weighted by Crippen LogP contribution is -2.26. The third kappa shape index (κ3) is 3.47. The summed E-state index contributed by atoms with van der Waals surface area (Å²) in [7, 11) is 0. The van der Waals surface area contributed by atoms with Gasteiger partial charge >= 0.3 is 0 Å². The Balaban J connectivity index is 1.80. The molecule has 2 N–H and O–H groups in total. The second kappa shape index (κ2) is 5.54. The summed E-state index contributed by atoms with van der Waals surface area (Å²) in [6.45, 7) is 5.40.